The minimum atomic E-state index is -0.601. The Morgan fingerprint density at radius 3 is 2.78 bits per heavy atom. The Labute approximate surface area is 132 Å². The predicted molar refractivity (Wildman–Crippen MR) is 84.8 cm³/mol. The molecule has 1 aromatic carbocycles. The first kappa shape index (κ1) is 15.0. The van der Waals surface area contributed by atoms with Gasteiger partial charge in [-0.05, 0) is 32.4 Å². The van der Waals surface area contributed by atoms with Crippen LogP contribution < -0.4 is 5.32 Å². The summed E-state index contributed by atoms with van der Waals surface area (Å²) in [5.74, 6) is -0.200. The Morgan fingerprint density at radius 1 is 1.26 bits per heavy atom. The van der Waals surface area contributed by atoms with Crippen molar-refractivity contribution in [2.75, 3.05) is 11.9 Å². The first-order valence-electron chi connectivity index (χ1n) is 7.24. The summed E-state index contributed by atoms with van der Waals surface area (Å²) in [5, 5.41) is 7.76. The van der Waals surface area contributed by atoms with Crippen molar-refractivity contribution >= 4 is 28.6 Å². The van der Waals surface area contributed by atoms with Gasteiger partial charge in [0.15, 0.2) is 0 Å². The van der Waals surface area contributed by atoms with Gasteiger partial charge < -0.3 is 14.6 Å². The van der Waals surface area contributed by atoms with Crippen molar-refractivity contribution in [3.63, 3.8) is 0 Å². The van der Waals surface area contributed by atoms with Crippen LogP contribution in [0.25, 0.3) is 11.1 Å². The summed E-state index contributed by atoms with van der Waals surface area (Å²) in [5.41, 5.74) is 2.82. The molecular weight excluding hydrogens is 296 g/mol. The van der Waals surface area contributed by atoms with Crippen molar-refractivity contribution in [2.45, 2.75) is 20.8 Å². The smallest absolute Gasteiger partial charge is 0.376 e. The van der Waals surface area contributed by atoms with Crippen molar-refractivity contribution in [3.8, 4) is 0 Å². The third-order valence-electron chi connectivity index (χ3n) is 3.36. The number of hydrogen-bond donors (Lipinski definition) is 1. The van der Waals surface area contributed by atoms with E-state index in [2.05, 4.69) is 20.4 Å². The highest BCUT2D eigenvalue weighted by Gasteiger charge is 2.20. The third kappa shape index (κ3) is 2.85. The number of ether oxygens (including phenoxy) is 1. The Balaban J connectivity index is 2.11. The van der Waals surface area contributed by atoms with Crippen LogP contribution in [-0.4, -0.2) is 27.7 Å². The largest absolute Gasteiger partial charge is 0.460 e. The SMILES string of the molecule is CCOC(=O)c1nc(Nc2ccccc2C)c2c(C)noc2n1. The van der Waals surface area contributed by atoms with Gasteiger partial charge in [-0.1, -0.05) is 23.4 Å². The summed E-state index contributed by atoms with van der Waals surface area (Å²) in [7, 11) is 0. The van der Waals surface area contributed by atoms with Crippen molar-refractivity contribution in [1.29, 1.82) is 0 Å². The fraction of sp³-hybridized carbons (Fsp3) is 0.250. The molecule has 23 heavy (non-hydrogen) atoms. The van der Waals surface area contributed by atoms with Crippen LogP contribution in [0.4, 0.5) is 11.5 Å². The van der Waals surface area contributed by atoms with E-state index in [1.807, 2.05) is 31.2 Å². The summed E-state index contributed by atoms with van der Waals surface area (Å²) in [6, 6.07) is 7.77. The number of hydrogen-bond acceptors (Lipinski definition) is 7. The molecule has 0 amide bonds. The number of aryl methyl sites for hydroxylation is 2. The van der Waals surface area contributed by atoms with E-state index in [9.17, 15) is 4.79 Å². The Kier molecular flexibility index (Phi) is 3.92. The van der Waals surface area contributed by atoms with Crippen LogP contribution >= 0.6 is 0 Å². The van der Waals surface area contributed by atoms with E-state index in [1.165, 1.54) is 0 Å². The van der Waals surface area contributed by atoms with E-state index in [1.54, 1.807) is 13.8 Å². The maximum absolute atomic E-state index is 11.9. The molecule has 0 unspecified atom stereocenters. The van der Waals surface area contributed by atoms with Crippen LogP contribution in [0, 0.1) is 13.8 Å². The Bertz CT molecular complexity index is 873. The second kappa shape index (κ2) is 6.04. The summed E-state index contributed by atoms with van der Waals surface area (Å²) in [6.45, 7) is 5.74. The number of benzene rings is 1. The molecule has 3 rings (SSSR count). The lowest BCUT2D eigenvalue weighted by Crippen LogP contribution is -2.11. The lowest BCUT2D eigenvalue weighted by molar-refractivity contribution is 0.0512. The monoisotopic (exact) mass is 312 g/mol. The van der Waals surface area contributed by atoms with Gasteiger partial charge in [0.2, 0.25) is 5.82 Å². The zero-order valence-corrected chi connectivity index (χ0v) is 13.1. The molecule has 0 radical (unpaired) electrons. The number of esters is 1. The Morgan fingerprint density at radius 2 is 2.04 bits per heavy atom. The van der Waals surface area contributed by atoms with Gasteiger partial charge in [0.1, 0.15) is 11.2 Å². The molecule has 7 heteroatoms. The molecule has 0 bridgehead atoms. The normalized spacial score (nSPS) is 10.7. The molecule has 0 fully saturated rings. The summed E-state index contributed by atoms with van der Waals surface area (Å²) < 4.78 is 10.1. The van der Waals surface area contributed by atoms with Gasteiger partial charge in [-0.2, -0.15) is 4.98 Å². The summed E-state index contributed by atoms with van der Waals surface area (Å²) in [6.07, 6.45) is 0. The highest BCUT2D eigenvalue weighted by Crippen LogP contribution is 2.28. The number of carbonyl (C=O) groups is 1. The van der Waals surface area contributed by atoms with Gasteiger partial charge in [-0.3, -0.25) is 0 Å². The average molecular weight is 312 g/mol. The molecule has 0 spiro atoms. The van der Waals surface area contributed by atoms with Gasteiger partial charge in [0, 0.05) is 5.69 Å². The first-order chi connectivity index (χ1) is 11.1. The lowest BCUT2D eigenvalue weighted by Gasteiger charge is -2.10. The van der Waals surface area contributed by atoms with E-state index >= 15 is 0 Å². The molecule has 0 saturated carbocycles. The van der Waals surface area contributed by atoms with E-state index < -0.39 is 5.97 Å². The predicted octanol–water partition coefficient (Wildman–Crippen LogP) is 3.15. The minimum Gasteiger partial charge on any atom is -0.460 e. The van der Waals surface area contributed by atoms with Crippen LogP contribution in [0.5, 0.6) is 0 Å². The Hall–Kier alpha value is -2.96. The lowest BCUT2D eigenvalue weighted by atomic mass is 10.2. The zero-order chi connectivity index (χ0) is 16.4. The second-order valence-electron chi connectivity index (χ2n) is 5.00. The van der Waals surface area contributed by atoms with Crippen molar-refractivity contribution in [1.82, 2.24) is 15.1 Å². The van der Waals surface area contributed by atoms with Gasteiger partial charge in [-0.25, -0.2) is 9.78 Å². The van der Waals surface area contributed by atoms with Crippen LogP contribution in [0.1, 0.15) is 28.8 Å². The number of anilines is 2. The molecule has 3 aromatic rings. The molecule has 0 atom stereocenters. The number of nitrogens with one attached hydrogen (secondary N) is 1. The maximum Gasteiger partial charge on any atom is 0.376 e. The van der Waals surface area contributed by atoms with Crippen molar-refractivity contribution < 1.29 is 14.1 Å². The van der Waals surface area contributed by atoms with Gasteiger partial charge in [0.25, 0.3) is 5.71 Å². The van der Waals surface area contributed by atoms with Gasteiger partial charge >= 0.3 is 5.97 Å². The van der Waals surface area contributed by atoms with Crippen LogP contribution in [-0.2, 0) is 4.74 Å². The molecule has 0 aliphatic rings. The van der Waals surface area contributed by atoms with Gasteiger partial charge in [-0.15, -0.1) is 0 Å². The number of nitrogens with zero attached hydrogens (tertiary/aromatic N) is 3. The molecule has 2 heterocycles. The standard InChI is InChI=1S/C16H16N4O3/c1-4-22-16(21)14-18-13(12-10(3)20-23-15(12)19-14)17-11-8-6-5-7-9(11)2/h5-8H,4H2,1-3H3,(H,17,18,19). The quantitative estimate of drug-likeness (QED) is 0.740. The first-order valence-corrected chi connectivity index (χ1v) is 7.24. The molecule has 118 valence electrons. The van der Waals surface area contributed by atoms with Crippen LogP contribution in [0.2, 0.25) is 0 Å². The number of para-hydroxylation sites is 1. The molecule has 7 nitrogen and oxygen atoms in total. The third-order valence-corrected chi connectivity index (χ3v) is 3.36. The van der Waals surface area contributed by atoms with Crippen molar-refractivity contribution in [3.05, 3.63) is 41.3 Å². The van der Waals surface area contributed by atoms with E-state index in [-0.39, 0.29) is 18.1 Å². The van der Waals surface area contributed by atoms with E-state index in [0.29, 0.717) is 16.9 Å². The zero-order valence-electron chi connectivity index (χ0n) is 13.1. The fourth-order valence-corrected chi connectivity index (χ4v) is 2.21. The average Bonchev–Trinajstić information content (AvgIpc) is 2.91. The van der Waals surface area contributed by atoms with E-state index in [0.717, 1.165) is 11.3 Å². The molecule has 2 aromatic heterocycles. The number of rotatable bonds is 4. The number of carbonyl (C=O) groups excluding carboxylic acids is 1. The topological polar surface area (TPSA) is 90.1 Å². The molecule has 1 N–H and O–H groups in total. The highest BCUT2D eigenvalue weighted by atomic mass is 16.5. The second-order valence-corrected chi connectivity index (χ2v) is 5.00. The molecule has 0 aliphatic heterocycles. The van der Waals surface area contributed by atoms with Gasteiger partial charge in [0.05, 0.1) is 12.3 Å². The maximum atomic E-state index is 11.9. The molecule has 0 saturated heterocycles. The molecule has 0 aliphatic carbocycles. The highest BCUT2D eigenvalue weighted by molar-refractivity contribution is 5.94. The molecular formula is C16H16N4O3. The van der Waals surface area contributed by atoms with Crippen LogP contribution in [0.15, 0.2) is 28.8 Å². The van der Waals surface area contributed by atoms with Crippen LogP contribution in [0.3, 0.4) is 0 Å². The summed E-state index contributed by atoms with van der Waals surface area (Å²) >= 11 is 0. The van der Waals surface area contributed by atoms with E-state index in [4.69, 9.17) is 9.26 Å². The summed E-state index contributed by atoms with van der Waals surface area (Å²) in [4.78, 5) is 20.3. The minimum absolute atomic E-state index is 0.0633. The van der Waals surface area contributed by atoms with Crippen molar-refractivity contribution in [2.24, 2.45) is 0 Å². The number of fused-ring (bicyclic) bond motifs is 1. The fourth-order valence-electron chi connectivity index (χ4n) is 2.21. The number of aromatic nitrogens is 3.